The third-order valence-corrected chi connectivity index (χ3v) is 3.90. The van der Waals surface area contributed by atoms with Gasteiger partial charge < -0.3 is 9.88 Å². The Hall–Kier alpha value is -1.68. The number of benzene rings is 1. The van der Waals surface area contributed by atoms with Crippen LogP contribution in [0.5, 0.6) is 0 Å². The van der Waals surface area contributed by atoms with Crippen molar-refractivity contribution >= 4 is 0 Å². The van der Waals surface area contributed by atoms with Crippen molar-refractivity contribution in [3.63, 3.8) is 0 Å². The molecular weight excluding hydrogens is 248 g/mol. The number of aromatic nitrogens is 3. The van der Waals surface area contributed by atoms with Gasteiger partial charge in [-0.15, -0.1) is 10.2 Å². The van der Waals surface area contributed by atoms with Gasteiger partial charge in [-0.1, -0.05) is 50.6 Å². The van der Waals surface area contributed by atoms with E-state index in [9.17, 15) is 0 Å². The maximum absolute atomic E-state index is 4.45. The molecular formula is C16H22N4. The minimum absolute atomic E-state index is 0.135. The Balaban J connectivity index is 2.04. The Bertz CT molecular complexity index is 604. The highest BCUT2D eigenvalue weighted by Crippen LogP contribution is 2.35. The van der Waals surface area contributed by atoms with Crippen LogP contribution in [0.25, 0.3) is 11.4 Å². The van der Waals surface area contributed by atoms with Gasteiger partial charge in [0.2, 0.25) is 0 Å². The Kier molecular flexibility index (Phi) is 3.13. The van der Waals surface area contributed by atoms with Gasteiger partial charge in [-0.3, -0.25) is 0 Å². The second-order valence-corrected chi connectivity index (χ2v) is 6.65. The monoisotopic (exact) mass is 270 g/mol. The van der Waals surface area contributed by atoms with Gasteiger partial charge >= 0.3 is 0 Å². The lowest BCUT2D eigenvalue weighted by Crippen LogP contribution is -2.40. The van der Waals surface area contributed by atoms with E-state index in [0.717, 1.165) is 30.3 Å². The minimum atomic E-state index is 0.135. The molecule has 1 aromatic carbocycles. The Morgan fingerprint density at radius 3 is 2.50 bits per heavy atom. The summed E-state index contributed by atoms with van der Waals surface area (Å²) < 4.78 is 2.26. The summed E-state index contributed by atoms with van der Waals surface area (Å²) in [5, 5.41) is 12.5. The van der Waals surface area contributed by atoms with Gasteiger partial charge in [0, 0.05) is 18.7 Å². The van der Waals surface area contributed by atoms with Crippen LogP contribution in [0.4, 0.5) is 0 Å². The molecule has 0 spiro atoms. The predicted octanol–water partition coefficient (Wildman–Crippen LogP) is 2.94. The van der Waals surface area contributed by atoms with Crippen molar-refractivity contribution in [1.29, 1.82) is 0 Å². The average Bonchev–Trinajstić information content (AvgIpc) is 2.82. The van der Waals surface area contributed by atoms with Crippen LogP contribution >= 0.6 is 0 Å². The lowest BCUT2D eigenvalue weighted by atomic mass is 9.85. The summed E-state index contributed by atoms with van der Waals surface area (Å²) in [5.41, 5.74) is 2.54. The molecule has 0 bridgehead atoms. The number of fused-ring (bicyclic) bond motifs is 1. The first-order valence-corrected chi connectivity index (χ1v) is 7.20. The first-order chi connectivity index (χ1) is 9.47. The molecule has 0 saturated carbocycles. The zero-order valence-electron chi connectivity index (χ0n) is 12.6. The normalized spacial score (nSPS) is 18.9. The molecule has 2 aromatic rings. The fourth-order valence-corrected chi connectivity index (χ4v) is 2.77. The van der Waals surface area contributed by atoms with Gasteiger partial charge in [0.1, 0.15) is 0 Å². The molecule has 0 saturated heterocycles. The Morgan fingerprint density at radius 2 is 1.85 bits per heavy atom. The smallest absolute Gasteiger partial charge is 0.164 e. The molecule has 1 unspecified atom stereocenters. The van der Waals surface area contributed by atoms with E-state index in [4.69, 9.17) is 0 Å². The van der Waals surface area contributed by atoms with E-state index in [-0.39, 0.29) is 11.5 Å². The summed E-state index contributed by atoms with van der Waals surface area (Å²) in [6.07, 6.45) is 0. The molecule has 0 amide bonds. The van der Waals surface area contributed by atoms with E-state index >= 15 is 0 Å². The lowest BCUT2D eigenvalue weighted by molar-refractivity contribution is 0.234. The van der Waals surface area contributed by atoms with E-state index in [2.05, 4.69) is 72.0 Å². The molecule has 4 heteroatoms. The predicted molar refractivity (Wildman–Crippen MR) is 80.4 cm³/mol. The number of hydrogen-bond donors (Lipinski definition) is 1. The summed E-state index contributed by atoms with van der Waals surface area (Å²) in [6, 6.07) is 8.75. The molecule has 1 aliphatic rings. The van der Waals surface area contributed by atoms with Crippen molar-refractivity contribution in [2.75, 3.05) is 6.54 Å². The molecule has 0 fully saturated rings. The summed E-state index contributed by atoms with van der Waals surface area (Å²) in [4.78, 5) is 0. The third kappa shape index (κ3) is 2.24. The number of nitrogens with one attached hydrogen (secondary N) is 1. The lowest BCUT2D eigenvalue weighted by Gasteiger charge is -2.34. The van der Waals surface area contributed by atoms with Crippen molar-refractivity contribution in [2.24, 2.45) is 5.41 Å². The Labute approximate surface area is 120 Å². The minimum Gasteiger partial charge on any atom is -0.308 e. The van der Waals surface area contributed by atoms with Crippen molar-refractivity contribution in [3.8, 4) is 11.4 Å². The molecule has 0 aliphatic carbocycles. The van der Waals surface area contributed by atoms with E-state index in [1.165, 1.54) is 5.56 Å². The van der Waals surface area contributed by atoms with Gasteiger partial charge in [-0.25, -0.2) is 0 Å². The van der Waals surface area contributed by atoms with Gasteiger partial charge in [0.15, 0.2) is 11.6 Å². The standard InChI is InChI=1S/C16H22N4/c1-11-5-7-12(8-6-11)14-18-19-15-13(16(2,3)4)17-9-10-20(14)15/h5-8,13,17H,9-10H2,1-4H3. The second kappa shape index (κ2) is 4.70. The van der Waals surface area contributed by atoms with E-state index in [1.807, 2.05) is 0 Å². The highest BCUT2D eigenvalue weighted by atomic mass is 15.3. The fraction of sp³-hybridized carbons (Fsp3) is 0.500. The molecule has 2 heterocycles. The first kappa shape index (κ1) is 13.3. The van der Waals surface area contributed by atoms with Crippen molar-refractivity contribution < 1.29 is 0 Å². The van der Waals surface area contributed by atoms with Crippen LogP contribution in [-0.4, -0.2) is 21.3 Å². The van der Waals surface area contributed by atoms with Crippen LogP contribution in [0.15, 0.2) is 24.3 Å². The largest absolute Gasteiger partial charge is 0.308 e. The molecule has 20 heavy (non-hydrogen) atoms. The van der Waals surface area contributed by atoms with E-state index < -0.39 is 0 Å². The summed E-state index contributed by atoms with van der Waals surface area (Å²) >= 11 is 0. The van der Waals surface area contributed by atoms with Gasteiger partial charge in [-0.05, 0) is 12.3 Å². The third-order valence-electron chi connectivity index (χ3n) is 3.90. The summed E-state index contributed by atoms with van der Waals surface area (Å²) in [5.74, 6) is 2.04. The maximum atomic E-state index is 4.45. The van der Waals surface area contributed by atoms with E-state index in [0.29, 0.717) is 0 Å². The number of aryl methyl sites for hydroxylation is 1. The van der Waals surface area contributed by atoms with Crippen LogP contribution in [0.1, 0.15) is 38.2 Å². The molecule has 3 rings (SSSR count). The highest BCUT2D eigenvalue weighted by Gasteiger charge is 2.33. The average molecular weight is 270 g/mol. The van der Waals surface area contributed by atoms with Gasteiger partial charge in [0.25, 0.3) is 0 Å². The summed E-state index contributed by atoms with van der Waals surface area (Å²) in [6.45, 7) is 10.7. The molecule has 1 aromatic heterocycles. The molecule has 1 aliphatic heterocycles. The quantitative estimate of drug-likeness (QED) is 0.866. The van der Waals surface area contributed by atoms with Crippen LogP contribution < -0.4 is 5.32 Å². The van der Waals surface area contributed by atoms with Gasteiger partial charge in [-0.2, -0.15) is 0 Å². The number of nitrogens with zero attached hydrogens (tertiary/aromatic N) is 3. The number of hydrogen-bond acceptors (Lipinski definition) is 3. The zero-order valence-corrected chi connectivity index (χ0v) is 12.6. The zero-order chi connectivity index (χ0) is 14.3. The maximum Gasteiger partial charge on any atom is 0.164 e. The van der Waals surface area contributed by atoms with Crippen LogP contribution in [-0.2, 0) is 6.54 Å². The van der Waals surface area contributed by atoms with Crippen LogP contribution in [0.3, 0.4) is 0 Å². The topological polar surface area (TPSA) is 42.7 Å². The first-order valence-electron chi connectivity index (χ1n) is 7.20. The van der Waals surface area contributed by atoms with Crippen LogP contribution in [0.2, 0.25) is 0 Å². The fourth-order valence-electron chi connectivity index (χ4n) is 2.77. The molecule has 4 nitrogen and oxygen atoms in total. The van der Waals surface area contributed by atoms with Crippen LogP contribution in [0, 0.1) is 12.3 Å². The van der Waals surface area contributed by atoms with E-state index in [1.54, 1.807) is 0 Å². The molecule has 0 radical (unpaired) electrons. The van der Waals surface area contributed by atoms with Gasteiger partial charge in [0.05, 0.1) is 6.04 Å². The molecule has 106 valence electrons. The SMILES string of the molecule is Cc1ccc(-c2nnc3n2CCNC3C(C)(C)C)cc1. The molecule has 1 N–H and O–H groups in total. The summed E-state index contributed by atoms with van der Waals surface area (Å²) in [7, 11) is 0. The molecule has 1 atom stereocenters. The van der Waals surface area contributed by atoms with Crippen molar-refractivity contribution in [3.05, 3.63) is 35.7 Å². The highest BCUT2D eigenvalue weighted by molar-refractivity contribution is 5.56. The second-order valence-electron chi connectivity index (χ2n) is 6.65. The van der Waals surface area contributed by atoms with Crippen molar-refractivity contribution in [2.45, 2.75) is 40.3 Å². The Morgan fingerprint density at radius 1 is 1.15 bits per heavy atom. The number of rotatable bonds is 1. The van der Waals surface area contributed by atoms with Crippen molar-refractivity contribution in [1.82, 2.24) is 20.1 Å².